The Morgan fingerprint density at radius 2 is 1.93 bits per heavy atom. The highest BCUT2D eigenvalue weighted by atomic mass is 19.1. The molecule has 0 unspecified atom stereocenters. The molecule has 1 amide bonds. The predicted molar refractivity (Wildman–Crippen MR) is 105 cm³/mol. The molecule has 0 aliphatic carbocycles. The van der Waals surface area contributed by atoms with E-state index >= 15 is 0 Å². The number of amides is 1. The van der Waals surface area contributed by atoms with Crippen molar-refractivity contribution in [1.29, 1.82) is 0 Å². The van der Waals surface area contributed by atoms with Crippen molar-refractivity contribution in [3.63, 3.8) is 0 Å². The molecule has 7 heteroatoms. The fourth-order valence-corrected chi connectivity index (χ4v) is 3.81. The third-order valence-electron chi connectivity index (χ3n) is 5.38. The number of hydrogen-bond donors (Lipinski definition) is 0. The molecular formula is C22H19FN4O2. The molecule has 1 saturated heterocycles. The van der Waals surface area contributed by atoms with Crippen LogP contribution in [0.25, 0.3) is 16.8 Å². The molecule has 3 aromatic heterocycles. The Labute approximate surface area is 166 Å². The highest BCUT2D eigenvalue weighted by Crippen LogP contribution is 2.28. The van der Waals surface area contributed by atoms with Crippen molar-refractivity contribution in [3.8, 4) is 11.1 Å². The largest absolute Gasteiger partial charge is 0.459 e. The standard InChI is InChI=1S/C22H19FN4O2/c23-18-4-1-3-16(13-18)17-6-7-20-24-21(25-27(20)14-17)15-8-10-26(11-9-15)22(28)19-5-2-12-29-19/h1-7,12-15H,8-11H2. The summed E-state index contributed by atoms with van der Waals surface area (Å²) in [7, 11) is 0. The number of piperidine rings is 1. The van der Waals surface area contributed by atoms with Crippen LogP contribution in [0.4, 0.5) is 4.39 Å². The topological polar surface area (TPSA) is 63.6 Å². The normalized spacial score (nSPS) is 15.1. The molecule has 1 aromatic carbocycles. The number of halogens is 1. The maximum atomic E-state index is 13.5. The molecule has 1 fully saturated rings. The van der Waals surface area contributed by atoms with E-state index in [1.165, 1.54) is 18.4 Å². The molecule has 4 heterocycles. The van der Waals surface area contributed by atoms with Crippen molar-refractivity contribution in [3.05, 3.63) is 78.4 Å². The Balaban J connectivity index is 1.33. The minimum atomic E-state index is -0.266. The van der Waals surface area contributed by atoms with E-state index in [0.717, 1.165) is 35.4 Å². The first-order chi connectivity index (χ1) is 14.2. The van der Waals surface area contributed by atoms with Gasteiger partial charge in [0.2, 0.25) is 0 Å². The lowest BCUT2D eigenvalue weighted by Gasteiger charge is -2.30. The molecular weight excluding hydrogens is 371 g/mol. The predicted octanol–water partition coefficient (Wildman–Crippen LogP) is 4.15. The summed E-state index contributed by atoms with van der Waals surface area (Å²) >= 11 is 0. The van der Waals surface area contributed by atoms with Gasteiger partial charge >= 0.3 is 0 Å². The highest BCUT2D eigenvalue weighted by Gasteiger charge is 2.28. The number of fused-ring (bicyclic) bond motifs is 1. The van der Waals surface area contributed by atoms with Gasteiger partial charge in [0.05, 0.1) is 6.26 Å². The Kier molecular flexibility index (Phi) is 4.35. The van der Waals surface area contributed by atoms with E-state index in [1.807, 2.05) is 29.3 Å². The molecule has 0 N–H and O–H groups in total. The second-order valence-corrected chi connectivity index (χ2v) is 7.24. The zero-order chi connectivity index (χ0) is 19.8. The van der Waals surface area contributed by atoms with E-state index in [1.54, 1.807) is 22.7 Å². The van der Waals surface area contributed by atoms with E-state index in [-0.39, 0.29) is 17.6 Å². The van der Waals surface area contributed by atoms with Gasteiger partial charge in [-0.1, -0.05) is 12.1 Å². The fraction of sp³-hybridized carbons (Fsp3) is 0.227. The van der Waals surface area contributed by atoms with Gasteiger partial charge in [-0.15, -0.1) is 0 Å². The SMILES string of the molecule is O=C(c1ccco1)N1CCC(c2nc3ccc(-c4cccc(F)c4)cn3n2)CC1. The number of carbonyl (C=O) groups excluding carboxylic acids is 1. The fourth-order valence-electron chi connectivity index (χ4n) is 3.81. The Hall–Kier alpha value is -3.48. The van der Waals surface area contributed by atoms with Crippen LogP contribution in [0.15, 0.2) is 65.4 Å². The van der Waals surface area contributed by atoms with Crippen LogP contribution >= 0.6 is 0 Å². The van der Waals surface area contributed by atoms with Crippen LogP contribution in [0.2, 0.25) is 0 Å². The van der Waals surface area contributed by atoms with Gasteiger partial charge in [-0.05, 0) is 54.8 Å². The zero-order valence-corrected chi connectivity index (χ0v) is 15.7. The van der Waals surface area contributed by atoms with Crippen molar-refractivity contribution >= 4 is 11.6 Å². The first-order valence-corrected chi connectivity index (χ1v) is 9.62. The van der Waals surface area contributed by atoms with Gasteiger partial charge in [0.25, 0.3) is 5.91 Å². The van der Waals surface area contributed by atoms with E-state index in [0.29, 0.717) is 18.8 Å². The van der Waals surface area contributed by atoms with Gasteiger partial charge in [-0.25, -0.2) is 13.9 Å². The van der Waals surface area contributed by atoms with Crippen LogP contribution in [0.1, 0.15) is 35.1 Å². The molecule has 0 spiro atoms. The molecule has 146 valence electrons. The molecule has 0 bridgehead atoms. The number of hydrogen-bond acceptors (Lipinski definition) is 4. The number of aromatic nitrogens is 3. The van der Waals surface area contributed by atoms with E-state index < -0.39 is 0 Å². The van der Waals surface area contributed by atoms with Gasteiger partial charge in [-0.2, -0.15) is 5.10 Å². The van der Waals surface area contributed by atoms with Crippen molar-refractivity contribution < 1.29 is 13.6 Å². The van der Waals surface area contributed by atoms with Gasteiger partial charge in [0, 0.05) is 30.8 Å². The van der Waals surface area contributed by atoms with Gasteiger partial charge in [0.1, 0.15) is 5.82 Å². The minimum Gasteiger partial charge on any atom is -0.459 e. The third-order valence-corrected chi connectivity index (χ3v) is 5.38. The molecule has 0 radical (unpaired) electrons. The van der Waals surface area contributed by atoms with Crippen LogP contribution in [0, 0.1) is 5.82 Å². The van der Waals surface area contributed by atoms with Crippen LogP contribution in [0.3, 0.4) is 0 Å². The summed E-state index contributed by atoms with van der Waals surface area (Å²) in [5.41, 5.74) is 2.44. The van der Waals surface area contributed by atoms with Crippen LogP contribution in [-0.4, -0.2) is 38.5 Å². The summed E-state index contributed by atoms with van der Waals surface area (Å²) in [6, 6.07) is 13.7. The highest BCUT2D eigenvalue weighted by molar-refractivity contribution is 5.91. The van der Waals surface area contributed by atoms with Gasteiger partial charge in [-0.3, -0.25) is 4.79 Å². The van der Waals surface area contributed by atoms with Crippen molar-refractivity contribution in [1.82, 2.24) is 19.5 Å². The van der Waals surface area contributed by atoms with E-state index in [9.17, 15) is 9.18 Å². The number of likely N-dealkylation sites (tertiary alicyclic amines) is 1. The minimum absolute atomic E-state index is 0.0730. The average Bonchev–Trinajstić information content (AvgIpc) is 3.43. The summed E-state index contributed by atoms with van der Waals surface area (Å²) in [6.45, 7) is 1.29. The van der Waals surface area contributed by atoms with Crippen LogP contribution in [-0.2, 0) is 0 Å². The van der Waals surface area contributed by atoms with E-state index in [4.69, 9.17) is 4.42 Å². The first kappa shape index (κ1) is 17.6. The van der Waals surface area contributed by atoms with Gasteiger partial charge in [0.15, 0.2) is 17.2 Å². The number of carbonyl (C=O) groups is 1. The first-order valence-electron chi connectivity index (χ1n) is 9.62. The van der Waals surface area contributed by atoms with Crippen LogP contribution < -0.4 is 0 Å². The van der Waals surface area contributed by atoms with Crippen LogP contribution in [0.5, 0.6) is 0 Å². The molecule has 0 atom stereocenters. The molecule has 4 aromatic rings. The molecule has 6 nitrogen and oxygen atoms in total. The lowest BCUT2D eigenvalue weighted by Crippen LogP contribution is -2.37. The Bertz CT molecular complexity index is 1160. The maximum Gasteiger partial charge on any atom is 0.289 e. The molecule has 1 aliphatic rings. The monoisotopic (exact) mass is 390 g/mol. The quantitative estimate of drug-likeness (QED) is 0.527. The summed E-state index contributed by atoms with van der Waals surface area (Å²) in [6.07, 6.45) is 5.00. The van der Waals surface area contributed by atoms with Crippen molar-refractivity contribution in [2.75, 3.05) is 13.1 Å². The second-order valence-electron chi connectivity index (χ2n) is 7.24. The van der Waals surface area contributed by atoms with Crippen molar-refractivity contribution in [2.45, 2.75) is 18.8 Å². The summed E-state index contributed by atoms with van der Waals surface area (Å²) in [4.78, 5) is 18.9. The number of benzene rings is 1. The summed E-state index contributed by atoms with van der Waals surface area (Å²) in [5.74, 6) is 1.02. The Morgan fingerprint density at radius 3 is 2.69 bits per heavy atom. The number of rotatable bonds is 3. The lowest BCUT2D eigenvalue weighted by atomic mass is 9.96. The Morgan fingerprint density at radius 1 is 1.07 bits per heavy atom. The number of pyridine rings is 1. The average molecular weight is 390 g/mol. The number of furan rings is 1. The smallest absolute Gasteiger partial charge is 0.289 e. The molecule has 5 rings (SSSR count). The third kappa shape index (κ3) is 3.40. The maximum absolute atomic E-state index is 13.5. The molecule has 1 aliphatic heterocycles. The number of nitrogens with zero attached hydrogens (tertiary/aromatic N) is 4. The summed E-state index contributed by atoms with van der Waals surface area (Å²) < 4.78 is 20.5. The second kappa shape index (κ2) is 7.16. The molecule has 0 saturated carbocycles. The van der Waals surface area contributed by atoms with Gasteiger partial charge < -0.3 is 9.32 Å². The van der Waals surface area contributed by atoms with E-state index in [2.05, 4.69) is 10.1 Å². The summed E-state index contributed by atoms with van der Waals surface area (Å²) in [5, 5.41) is 4.65. The lowest BCUT2D eigenvalue weighted by molar-refractivity contribution is 0.0679. The zero-order valence-electron chi connectivity index (χ0n) is 15.7. The van der Waals surface area contributed by atoms with Crippen molar-refractivity contribution in [2.24, 2.45) is 0 Å². The molecule has 29 heavy (non-hydrogen) atoms.